The maximum absolute atomic E-state index is 11.1. The molecule has 0 saturated carbocycles. The maximum atomic E-state index is 11.1. The third-order valence-electron chi connectivity index (χ3n) is 4.95. The van der Waals surface area contributed by atoms with E-state index in [0.717, 1.165) is 28.3 Å². The number of carboxylic acids is 1. The summed E-state index contributed by atoms with van der Waals surface area (Å²) >= 11 is 1.82. The van der Waals surface area contributed by atoms with Crippen molar-refractivity contribution in [2.24, 2.45) is 5.92 Å². The van der Waals surface area contributed by atoms with E-state index in [1.54, 1.807) is 0 Å². The molecule has 2 heterocycles. The summed E-state index contributed by atoms with van der Waals surface area (Å²) in [6.45, 7) is 4.04. The average molecular weight is 394 g/mol. The highest BCUT2D eigenvalue weighted by atomic mass is 32.2. The maximum Gasteiger partial charge on any atom is 0.309 e. The minimum absolute atomic E-state index is 0.252. The Morgan fingerprint density at radius 1 is 1.14 bits per heavy atom. The normalized spacial score (nSPS) is 14.8. The van der Waals surface area contributed by atoms with E-state index in [1.165, 1.54) is 4.90 Å². The molecule has 1 N–H and O–H groups in total. The van der Waals surface area contributed by atoms with E-state index in [9.17, 15) is 4.79 Å². The number of hydrogen-bond donors (Lipinski definition) is 1. The van der Waals surface area contributed by atoms with Crippen LogP contribution in [-0.2, 0) is 11.3 Å². The molecule has 0 radical (unpaired) electrons. The number of rotatable bonds is 7. The number of carboxylic acid groups (broad SMARTS) is 1. The molecule has 0 aliphatic carbocycles. The number of hydrogen-bond acceptors (Lipinski definition) is 4. The second kappa shape index (κ2) is 8.20. The Morgan fingerprint density at radius 3 is 2.50 bits per heavy atom. The van der Waals surface area contributed by atoms with E-state index in [4.69, 9.17) is 10.2 Å². The van der Waals surface area contributed by atoms with E-state index in [0.29, 0.717) is 19.6 Å². The molecule has 3 aromatic rings. The molecular formula is C22H23N3O2S. The zero-order valence-corrected chi connectivity index (χ0v) is 16.6. The van der Waals surface area contributed by atoms with Crippen molar-refractivity contribution in [1.29, 1.82) is 0 Å². The van der Waals surface area contributed by atoms with E-state index in [-0.39, 0.29) is 5.92 Å². The SMILES string of the molecule is CCSc1ccc(-c2nn(-c3ccccc3)cc2CN2CC(C(=O)O)C2)cc1. The van der Waals surface area contributed by atoms with Crippen LogP contribution in [0.25, 0.3) is 16.9 Å². The molecule has 4 rings (SSSR count). The Balaban J connectivity index is 1.63. The Labute approximate surface area is 169 Å². The van der Waals surface area contributed by atoms with Crippen LogP contribution in [-0.4, -0.2) is 44.6 Å². The molecule has 2 aromatic carbocycles. The molecule has 1 aliphatic heterocycles. The van der Waals surface area contributed by atoms with Crippen LogP contribution >= 0.6 is 11.8 Å². The predicted octanol–water partition coefficient (Wildman–Crippen LogP) is 4.17. The molecule has 0 spiro atoms. The molecule has 0 bridgehead atoms. The monoisotopic (exact) mass is 393 g/mol. The van der Waals surface area contributed by atoms with Crippen LogP contribution < -0.4 is 0 Å². The van der Waals surface area contributed by atoms with Gasteiger partial charge >= 0.3 is 5.97 Å². The lowest BCUT2D eigenvalue weighted by molar-refractivity contribution is -0.147. The van der Waals surface area contributed by atoms with E-state index in [2.05, 4.69) is 42.3 Å². The van der Waals surface area contributed by atoms with Crippen molar-refractivity contribution in [3.05, 3.63) is 66.4 Å². The van der Waals surface area contributed by atoms with E-state index < -0.39 is 5.97 Å². The van der Waals surface area contributed by atoms with Crippen molar-refractivity contribution >= 4 is 17.7 Å². The number of nitrogens with zero attached hydrogens (tertiary/aromatic N) is 3. The lowest BCUT2D eigenvalue weighted by atomic mass is 9.99. The van der Waals surface area contributed by atoms with Crippen LogP contribution in [0.15, 0.2) is 65.7 Å². The van der Waals surface area contributed by atoms with Gasteiger partial charge in [-0.25, -0.2) is 4.68 Å². The highest BCUT2D eigenvalue weighted by molar-refractivity contribution is 7.99. The number of para-hydroxylation sites is 1. The topological polar surface area (TPSA) is 58.4 Å². The van der Waals surface area contributed by atoms with Gasteiger partial charge in [0.2, 0.25) is 0 Å². The van der Waals surface area contributed by atoms with Gasteiger partial charge in [0.05, 0.1) is 17.3 Å². The standard InChI is InChI=1S/C22H23N3O2S/c1-2-28-20-10-8-16(9-11-20)21-17(12-24-13-18(14-24)22(26)27)15-25(23-21)19-6-4-3-5-7-19/h3-11,15,18H,2,12-14H2,1H3,(H,26,27). The van der Waals surface area contributed by atoms with Crippen LogP contribution in [0.1, 0.15) is 12.5 Å². The first-order chi connectivity index (χ1) is 13.6. The molecule has 144 valence electrons. The lowest BCUT2D eigenvalue weighted by Crippen LogP contribution is -2.49. The van der Waals surface area contributed by atoms with Crippen molar-refractivity contribution < 1.29 is 9.90 Å². The van der Waals surface area contributed by atoms with Crippen molar-refractivity contribution in [3.8, 4) is 16.9 Å². The number of likely N-dealkylation sites (tertiary alicyclic amines) is 1. The van der Waals surface area contributed by atoms with Crippen LogP contribution in [0.4, 0.5) is 0 Å². The first-order valence-electron chi connectivity index (χ1n) is 9.46. The second-order valence-electron chi connectivity index (χ2n) is 6.97. The quantitative estimate of drug-likeness (QED) is 0.611. The fourth-order valence-electron chi connectivity index (χ4n) is 3.45. The van der Waals surface area contributed by atoms with Gasteiger partial charge in [0, 0.05) is 41.9 Å². The summed E-state index contributed by atoms with van der Waals surface area (Å²) in [4.78, 5) is 14.5. The zero-order valence-electron chi connectivity index (χ0n) is 15.8. The Hall–Kier alpha value is -2.57. The van der Waals surface area contributed by atoms with Crippen LogP contribution in [0.3, 0.4) is 0 Å². The number of benzene rings is 2. The van der Waals surface area contributed by atoms with Crippen molar-refractivity contribution in [3.63, 3.8) is 0 Å². The summed E-state index contributed by atoms with van der Waals surface area (Å²) in [6, 6.07) is 18.6. The third-order valence-corrected chi connectivity index (χ3v) is 5.84. The van der Waals surface area contributed by atoms with Gasteiger partial charge in [-0.05, 0) is 30.0 Å². The zero-order chi connectivity index (χ0) is 19.5. The summed E-state index contributed by atoms with van der Waals surface area (Å²) in [5.74, 6) is 0.0888. The second-order valence-corrected chi connectivity index (χ2v) is 8.31. The summed E-state index contributed by atoms with van der Waals surface area (Å²) in [5.41, 5.74) is 4.17. The number of aliphatic carboxylic acids is 1. The minimum atomic E-state index is -0.708. The third kappa shape index (κ3) is 3.98. The smallest absolute Gasteiger partial charge is 0.309 e. The fraction of sp³-hybridized carbons (Fsp3) is 0.273. The first-order valence-corrected chi connectivity index (χ1v) is 10.4. The van der Waals surface area contributed by atoms with Gasteiger partial charge in [0.1, 0.15) is 0 Å². The summed E-state index contributed by atoms with van der Waals surface area (Å²) in [5, 5.41) is 14.0. The Morgan fingerprint density at radius 2 is 1.86 bits per heavy atom. The van der Waals surface area contributed by atoms with Gasteiger partial charge in [-0.15, -0.1) is 11.8 Å². The number of aromatic nitrogens is 2. The lowest BCUT2D eigenvalue weighted by Gasteiger charge is -2.36. The molecule has 0 atom stereocenters. The van der Waals surface area contributed by atoms with Crippen molar-refractivity contribution in [2.75, 3.05) is 18.8 Å². The molecule has 28 heavy (non-hydrogen) atoms. The fourth-order valence-corrected chi connectivity index (χ4v) is 4.12. The van der Waals surface area contributed by atoms with E-state index in [1.807, 2.05) is 46.8 Å². The van der Waals surface area contributed by atoms with Crippen LogP contribution in [0.5, 0.6) is 0 Å². The molecule has 0 amide bonds. The van der Waals surface area contributed by atoms with Gasteiger partial charge in [-0.2, -0.15) is 5.10 Å². The summed E-state index contributed by atoms with van der Waals surface area (Å²) < 4.78 is 1.91. The van der Waals surface area contributed by atoms with E-state index >= 15 is 0 Å². The first kappa shape index (κ1) is 18.8. The molecule has 1 aliphatic rings. The van der Waals surface area contributed by atoms with Gasteiger partial charge in [-0.1, -0.05) is 37.3 Å². The molecule has 5 nitrogen and oxygen atoms in total. The minimum Gasteiger partial charge on any atom is -0.481 e. The Bertz CT molecular complexity index is 948. The molecule has 6 heteroatoms. The highest BCUT2D eigenvalue weighted by Gasteiger charge is 2.33. The molecule has 1 aromatic heterocycles. The molecule has 0 unspecified atom stereocenters. The van der Waals surface area contributed by atoms with Gasteiger partial charge in [0.15, 0.2) is 0 Å². The largest absolute Gasteiger partial charge is 0.481 e. The van der Waals surface area contributed by atoms with Gasteiger partial charge in [0.25, 0.3) is 0 Å². The molecular weight excluding hydrogens is 370 g/mol. The Kier molecular flexibility index (Phi) is 5.50. The van der Waals surface area contributed by atoms with Crippen LogP contribution in [0, 0.1) is 5.92 Å². The number of thioether (sulfide) groups is 1. The molecule has 1 fully saturated rings. The van der Waals surface area contributed by atoms with Crippen LogP contribution in [0.2, 0.25) is 0 Å². The predicted molar refractivity (Wildman–Crippen MR) is 112 cm³/mol. The summed E-state index contributed by atoms with van der Waals surface area (Å²) in [6.07, 6.45) is 2.06. The average Bonchev–Trinajstić information content (AvgIpc) is 3.09. The molecule has 1 saturated heterocycles. The van der Waals surface area contributed by atoms with Crippen molar-refractivity contribution in [1.82, 2.24) is 14.7 Å². The van der Waals surface area contributed by atoms with Gasteiger partial charge in [-0.3, -0.25) is 9.69 Å². The number of carbonyl (C=O) groups is 1. The van der Waals surface area contributed by atoms with Gasteiger partial charge < -0.3 is 5.11 Å². The highest BCUT2D eigenvalue weighted by Crippen LogP contribution is 2.29. The van der Waals surface area contributed by atoms with Crippen molar-refractivity contribution in [2.45, 2.75) is 18.4 Å². The summed E-state index contributed by atoms with van der Waals surface area (Å²) in [7, 11) is 0.